The van der Waals surface area contributed by atoms with Crippen LogP contribution < -0.4 is 0 Å². The molecule has 54 valence electrons. The van der Waals surface area contributed by atoms with Gasteiger partial charge in [-0.05, 0) is 20.4 Å². The molecule has 2 heteroatoms. The van der Waals surface area contributed by atoms with Crippen LogP contribution in [0, 0.1) is 11.3 Å². The van der Waals surface area contributed by atoms with Gasteiger partial charge in [0.1, 0.15) is 6.04 Å². The lowest BCUT2D eigenvalue weighted by Crippen LogP contribution is -2.33. The molecule has 1 unspecified atom stereocenters. The molecule has 1 aliphatic heterocycles. The molecule has 0 bridgehead atoms. The van der Waals surface area contributed by atoms with Crippen molar-refractivity contribution in [3.05, 3.63) is 11.6 Å². The molecule has 0 amide bonds. The van der Waals surface area contributed by atoms with E-state index in [0.717, 1.165) is 13.0 Å². The van der Waals surface area contributed by atoms with Crippen molar-refractivity contribution < 1.29 is 0 Å². The molecule has 0 spiro atoms. The van der Waals surface area contributed by atoms with Crippen LogP contribution in [-0.2, 0) is 0 Å². The number of rotatable bonds is 0. The van der Waals surface area contributed by atoms with Crippen LogP contribution in [0.5, 0.6) is 0 Å². The van der Waals surface area contributed by atoms with Gasteiger partial charge >= 0.3 is 0 Å². The predicted octanol–water partition coefficient (Wildman–Crippen LogP) is 1.16. The first-order valence-corrected chi connectivity index (χ1v) is 3.49. The van der Waals surface area contributed by atoms with E-state index in [-0.39, 0.29) is 6.04 Å². The first-order chi connectivity index (χ1) is 4.74. The summed E-state index contributed by atoms with van der Waals surface area (Å²) in [6.45, 7) is 3.00. The summed E-state index contributed by atoms with van der Waals surface area (Å²) in [7, 11) is 1.98. The summed E-state index contributed by atoms with van der Waals surface area (Å²) in [5.41, 5.74) is 1.34. The Labute approximate surface area is 61.8 Å². The fraction of sp³-hybridized carbons (Fsp3) is 0.625. The van der Waals surface area contributed by atoms with E-state index in [2.05, 4.69) is 24.0 Å². The molecular formula is C8H12N2. The molecule has 0 saturated heterocycles. The Morgan fingerprint density at radius 1 is 1.80 bits per heavy atom. The maximum absolute atomic E-state index is 8.66. The quantitative estimate of drug-likeness (QED) is 0.467. The van der Waals surface area contributed by atoms with Gasteiger partial charge in [0, 0.05) is 6.54 Å². The minimum Gasteiger partial charge on any atom is -0.287 e. The van der Waals surface area contributed by atoms with Crippen LogP contribution in [0.1, 0.15) is 13.3 Å². The van der Waals surface area contributed by atoms with E-state index in [0.29, 0.717) is 0 Å². The van der Waals surface area contributed by atoms with Crippen LogP contribution in [-0.4, -0.2) is 24.5 Å². The Hall–Kier alpha value is -0.810. The van der Waals surface area contributed by atoms with Gasteiger partial charge in [0.15, 0.2) is 0 Å². The smallest absolute Gasteiger partial charge is 0.101 e. The monoisotopic (exact) mass is 136 g/mol. The highest BCUT2D eigenvalue weighted by atomic mass is 15.1. The number of hydrogen-bond donors (Lipinski definition) is 0. The molecule has 0 aromatic heterocycles. The minimum atomic E-state index is 0.102. The summed E-state index contributed by atoms with van der Waals surface area (Å²) in [4.78, 5) is 2.06. The maximum atomic E-state index is 8.66. The van der Waals surface area contributed by atoms with Crippen LogP contribution in [0.4, 0.5) is 0 Å². The Balaban J connectivity index is 2.64. The summed E-state index contributed by atoms with van der Waals surface area (Å²) in [6.07, 6.45) is 3.08. The van der Waals surface area contributed by atoms with Crippen LogP contribution in [0.25, 0.3) is 0 Å². The highest BCUT2D eigenvalue weighted by molar-refractivity contribution is 5.11. The van der Waals surface area contributed by atoms with Crippen molar-refractivity contribution in [2.75, 3.05) is 13.6 Å². The number of likely N-dealkylation sites (N-methyl/N-ethyl adjacent to an activating group) is 1. The van der Waals surface area contributed by atoms with Crippen molar-refractivity contribution in [3.8, 4) is 6.07 Å². The van der Waals surface area contributed by atoms with Crippen molar-refractivity contribution in [3.63, 3.8) is 0 Å². The van der Waals surface area contributed by atoms with Gasteiger partial charge in [0.25, 0.3) is 0 Å². The molecule has 0 radical (unpaired) electrons. The molecule has 1 rings (SSSR count). The lowest BCUT2D eigenvalue weighted by atomic mass is 10.0. The van der Waals surface area contributed by atoms with Crippen molar-refractivity contribution in [2.45, 2.75) is 19.4 Å². The third-order valence-electron chi connectivity index (χ3n) is 1.92. The van der Waals surface area contributed by atoms with E-state index in [1.54, 1.807) is 0 Å². The highest BCUT2D eigenvalue weighted by Gasteiger charge is 2.16. The summed E-state index contributed by atoms with van der Waals surface area (Å²) in [5.74, 6) is 0. The molecule has 0 N–H and O–H groups in total. The van der Waals surface area contributed by atoms with E-state index >= 15 is 0 Å². The molecular weight excluding hydrogens is 124 g/mol. The third-order valence-corrected chi connectivity index (χ3v) is 1.92. The van der Waals surface area contributed by atoms with Crippen molar-refractivity contribution in [1.29, 1.82) is 5.26 Å². The topological polar surface area (TPSA) is 27.0 Å². The average Bonchev–Trinajstić information content (AvgIpc) is 1.94. The van der Waals surface area contributed by atoms with E-state index in [1.165, 1.54) is 5.57 Å². The lowest BCUT2D eigenvalue weighted by molar-refractivity contribution is 0.301. The first-order valence-electron chi connectivity index (χ1n) is 3.49. The minimum absolute atomic E-state index is 0.102. The van der Waals surface area contributed by atoms with E-state index in [1.807, 2.05) is 7.05 Å². The molecule has 10 heavy (non-hydrogen) atoms. The average molecular weight is 136 g/mol. The Morgan fingerprint density at radius 3 is 3.00 bits per heavy atom. The zero-order chi connectivity index (χ0) is 7.56. The van der Waals surface area contributed by atoms with Crippen molar-refractivity contribution >= 4 is 0 Å². The number of hydrogen-bond acceptors (Lipinski definition) is 2. The van der Waals surface area contributed by atoms with Crippen LogP contribution in [0.15, 0.2) is 11.6 Å². The fourth-order valence-electron chi connectivity index (χ4n) is 1.12. The van der Waals surface area contributed by atoms with Gasteiger partial charge in [-0.3, -0.25) is 4.90 Å². The molecule has 0 saturated carbocycles. The summed E-state index contributed by atoms with van der Waals surface area (Å²) < 4.78 is 0. The summed E-state index contributed by atoms with van der Waals surface area (Å²) in [5, 5.41) is 8.66. The normalized spacial score (nSPS) is 27.3. The molecule has 1 atom stereocenters. The Bertz CT molecular complexity index is 188. The molecule has 2 nitrogen and oxygen atoms in total. The Morgan fingerprint density at radius 2 is 2.50 bits per heavy atom. The van der Waals surface area contributed by atoms with Gasteiger partial charge in [0.2, 0.25) is 0 Å². The second-order valence-corrected chi connectivity index (χ2v) is 2.84. The second kappa shape index (κ2) is 2.85. The third kappa shape index (κ3) is 1.37. The molecule has 1 aliphatic rings. The largest absolute Gasteiger partial charge is 0.287 e. The number of nitriles is 1. The molecule has 0 aromatic rings. The van der Waals surface area contributed by atoms with Crippen LogP contribution >= 0.6 is 0 Å². The van der Waals surface area contributed by atoms with Crippen molar-refractivity contribution in [2.24, 2.45) is 0 Å². The maximum Gasteiger partial charge on any atom is 0.101 e. The van der Waals surface area contributed by atoms with Gasteiger partial charge < -0.3 is 0 Å². The zero-order valence-electron chi connectivity index (χ0n) is 6.46. The van der Waals surface area contributed by atoms with Gasteiger partial charge in [-0.15, -0.1) is 0 Å². The summed E-state index contributed by atoms with van der Waals surface area (Å²) in [6, 6.07) is 2.37. The SMILES string of the molecule is CC1=CCN(C)C(C#N)C1. The summed E-state index contributed by atoms with van der Waals surface area (Å²) >= 11 is 0. The highest BCUT2D eigenvalue weighted by Crippen LogP contribution is 2.14. The van der Waals surface area contributed by atoms with Gasteiger partial charge in [-0.2, -0.15) is 5.26 Å². The van der Waals surface area contributed by atoms with Gasteiger partial charge in [-0.25, -0.2) is 0 Å². The van der Waals surface area contributed by atoms with Gasteiger partial charge in [0.05, 0.1) is 6.07 Å². The van der Waals surface area contributed by atoms with Gasteiger partial charge in [-0.1, -0.05) is 11.6 Å². The van der Waals surface area contributed by atoms with Crippen LogP contribution in [0.2, 0.25) is 0 Å². The predicted molar refractivity (Wildman–Crippen MR) is 40.4 cm³/mol. The number of nitrogens with zero attached hydrogens (tertiary/aromatic N) is 2. The first kappa shape index (κ1) is 7.30. The van der Waals surface area contributed by atoms with Crippen molar-refractivity contribution in [1.82, 2.24) is 4.90 Å². The molecule has 0 fully saturated rings. The van der Waals surface area contributed by atoms with E-state index in [9.17, 15) is 0 Å². The zero-order valence-corrected chi connectivity index (χ0v) is 6.46. The van der Waals surface area contributed by atoms with Crippen LogP contribution in [0.3, 0.4) is 0 Å². The second-order valence-electron chi connectivity index (χ2n) is 2.84. The molecule has 0 aliphatic carbocycles. The standard InChI is InChI=1S/C8H12N2/c1-7-3-4-10(2)8(5-7)6-9/h3,8H,4-5H2,1-2H3. The van der Waals surface area contributed by atoms with E-state index in [4.69, 9.17) is 5.26 Å². The molecule has 1 heterocycles. The fourth-order valence-corrected chi connectivity index (χ4v) is 1.12. The van der Waals surface area contributed by atoms with E-state index < -0.39 is 0 Å². The lowest BCUT2D eigenvalue weighted by Gasteiger charge is -2.25. The molecule has 0 aromatic carbocycles. The Kier molecular flexibility index (Phi) is 2.08.